The number of carbonyl (C=O) groups excluding carboxylic acids is 3. The number of esters is 1. The summed E-state index contributed by atoms with van der Waals surface area (Å²) in [6.07, 6.45) is 2.37. The Balaban J connectivity index is 1.46. The number of hydrogen-bond donors (Lipinski definition) is 3. The van der Waals surface area contributed by atoms with Crippen LogP contribution in [0.4, 0.5) is 27.5 Å². The van der Waals surface area contributed by atoms with E-state index in [2.05, 4.69) is 20.9 Å². The minimum atomic E-state index is -0.403. The van der Waals surface area contributed by atoms with Crippen LogP contribution in [0.3, 0.4) is 0 Å². The average molecular weight is 487 g/mol. The first kappa shape index (κ1) is 24.8. The Labute approximate surface area is 210 Å². The molecule has 0 saturated carbocycles. The molecule has 3 N–H and O–H groups in total. The van der Waals surface area contributed by atoms with Crippen LogP contribution in [-0.4, -0.2) is 37.6 Å². The van der Waals surface area contributed by atoms with Crippen LogP contribution in [0.15, 0.2) is 72.8 Å². The fourth-order valence-electron chi connectivity index (χ4n) is 4.11. The van der Waals surface area contributed by atoms with Gasteiger partial charge in [-0.1, -0.05) is 30.3 Å². The largest absolute Gasteiger partial charge is 0.466 e. The molecule has 0 atom stereocenters. The lowest BCUT2D eigenvalue weighted by molar-refractivity contribution is -0.142. The number of nitrogens with one attached hydrogen (secondary N) is 3. The number of benzene rings is 3. The zero-order valence-corrected chi connectivity index (χ0v) is 20.3. The van der Waals surface area contributed by atoms with Crippen molar-refractivity contribution >= 4 is 40.7 Å². The Kier molecular flexibility index (Phi) is 8.18. The first-order chi connectivity index (χ1) is 17.5. The average Bonchev–Trinajstić information content (AvgIpc) is 3.41. The molecular formula is C28H30N4O4. The first-order valence-corrected chi connectivity index (χ1v) is 12.1. The van der Waals surface area contributed by atoms with Crippen LogP contribution in [0.25, 0.3) is 0 Å². The second kappa shape index (κ2) is 11.9. The second-order valence-electron chi connectivity index (χ2n) is 8.50. The van der Waals surface area contributed by atoms with Crippen LogP contribution in [0, 0.1) is 0 Å². The Morgan fingerprint density at radius 2 is 1.53 bits per heavy atom. The molecule has 1 aliphatic heterocycles. The topological polar surface area (TPSA) is 99.8 Å². The molecule has 36 heavy (non-hydrogen) atoms. The monoisotopic (exact) mass is 486 g/mol. The zero-order valence-electron chi connectivity index (χ0n) is 20.3. The van der Waals surface area contributed by atoms with E-state index in [1.165, 1.54) is 0 Å². The molecule has 3 aromatic rings. The number of amides is 3. The lowest BCUT2D eigenvalue weighted by atomic mass is 10.1. The van der Waals surface area contributed by atoms with Crippen LogP contribution in [-0.2, 0) is 16.0 Å². The van der Waals surface area contributed by atoms with Gasteiger partial charge in [0.05, 0.1) is 24.4 Å². The molecule has 0 aromatic heterocycles. The highest BCUT2D eigenvalue weighted by molar-refractivity contribution is 6.06. The molecule has 0 radical (unpaired) electrons. The van der Waals surface area contributed by atoms with E-state index < -0.39 is 6.03 Å². The molecule has 0 bridgehead atoms. The van der Waals surface area contributed by atoms with Gasteiger partial charge in [0.1, 0.15) is 0 Å². The van der Waals surface area contributed by atoms with E-state index in [1.807, 2.05) is 30.3 Å². The predicted octanol–water partition coefficient (Wildman–Crippen LogP) is 5.29. The molecule has 186 valence electrons. The third-order valence-corrected chi connectivity index (χ3v) is 5.85. The van der Waals surface area contributed by atoms with Crippen molar-refractivity contribution in [1.82, 2.24) is 0 Å². The Morgan fingerprint density at radius 1 is 0.833 bits per heavy atom. The van der Waals surface area contributed by atoms with Crippen LogP contribution in [0.2, 0.25) is 0 Å². The number of anilines is 4. The van der Waals surface area contributed by atoms with Crippen molar-refractivity contribution in [1.29, 1.82) is 0 Å². The molecule has 3 aromatic carbocycles. The summed E-state index contributed by atoms with van der Waals surface area (Å²) in [7, 11) is 0. The Hall–Kier alpha value is -4.33. The summed E-state index contributed by atoms with van der Waals surface area (Å²) in [4.78, 5) is 39.3. The fourth-order valence-corrected chi connectivity index (χ4v) is 4.11. The number of nitrogens with zero attached hydrogens (tertiary/aromatic N) is 1. The van der Waals surface area contributed by atoms with Crippen LogP contribution in [0.5, 0.6) is 0 Å². The molecule has 1 saturated heterocycles. The summed E-state index contributed by atoms with van der Waals surface area (Å²) in [5.41, 5.74) is 4.06. The van der Waals surface area contributed by atoms with E-state index in [4.69, 9.17) is 4.74 Å². The first-order valence-electron chi connectivity index (χ1n) is 12.1. The lowest BCUT2D eigenvalue weighted by Gasteiger charge is -2.22. The molecule has 3 amide bonds. The highest BCUT2D eigenvalue weighted by atomic mass is 16.5. The molecule has 1 fully saturated rings. The summed E-state index contributed by atoms with van der Waals surface area (Å²) in [6, 6.07) is 21.2. The molecular weight excluding hydrogens is 456 g/mol. The zero-order chi connectivity index (χ0) is 25.3. The van der Waals surface area contributed by atoms with Crippen molar-refractivity contribution in [2.45, 2.75) is 26.2 Å². The van der Waals surface area contributed by atoms with Gasteiger partial charge in [0.25, 0.3) is 5.91 Å². The van der Waals surface area contributed by atoms with Crippen LogP contribution < -0.4 is 20.9 Å². The second-order valence-corrected chi connectivity index (χ2v) is 8.50. The van der Waals surface area contributed by atoms with E-state index in [1.54, 1.807) is 49.4 Å². The summed E-state index contributed by atoms with van der Waals surface area (Å²) >= 11 is 0. The minimum Gasteiger partial charge on any atom is -0.466 e. The Morgan fingerprint density at radius 3 is 2.22 bits per heavy atom. The van der Waals surface area contributed by atoms with Gasteiger partial charge in [0, 0.05) is 30.0 Å². The third kappa shape index (κ3) is 6.63. The maximum atomic E-state index is 12.8. The predicted molar refractivity (Wildman–Crippen MR) is 142 cm³/mol. The van der Waals surface area contributed by atoms with Gasteiger partial charge in [-0.05, 0) is 67.8 Å². The number of hydrogen-bond acceptors (Lipinski definition) is 5. The number of carbonyl (C=O) groups is 3. The van der Waals surface area contributed by atoms with E-state index in [9.17, 15) is 14.4 Å². The van der Waals surface area contributed by atoms with E-state index in [0.717, 1.165) is 37.2 Å². The van der Waals surface area contributed by atoms with Gasteiger partial charge in [-0.3, -0.25) is 9.59 Å². The van der Waals surface area contributed by atoms with Crippen LogP contribution in [0.1, 0.15) is 35.7 Å². The van der Waals surface area contributed by atoms with Gasteiger partial charge < -0.3 is 25.6 Å². The van der Waals surface area contributed by atoms with Gasteiger partial charge in [-0.2, -0.15) is 0 Å². The molecule has 8 heteroatoms. The van der Waals surface area contributed by atoms with Crippen molar-refractivity contribution < 1.29 is 19.1 Å². The highest BCUT2D eigenvalue weighted by Gasteiger charge is 2.18. The summed E-state index contributed by atoms with van der Waals surface area (Å²) < 4.78 is 4.97. The molecule has 0 aliphatic carbocycles. The molecule has 8 nitrogen and oxygen atoms in total. The Bertz CT molecular complexity index is 1210. The van der Waals surface area contributed by atoms with E-state index in [-0.39, 0.29) is 18.3 Å². The minimum absolute atomic E-state index is 0.182. The fraction of sp³-hybridized carbons (Fsp3) is 0.250. The van der Waals surface area contributed by atoms with E-state index >= 15 is 0 Å². The SMILES string of the molecule is CCOC(=O)Cc1ccc(NC(=O)Nc2cc(NC(=O)c3ccccc3)ccc2N2CCCC2)cc1. The van der Waals surface area contributed by atoms with Gasteiger partial charge in [0.2, 0.25) is 0 Å². The smallest absolute Gasteiger partial charge is 0.323 e. The van der Waals surface area contributed by atoms with Crippen LogP contribution >= 0.6 is 0 Å². The number of urea groups is 1. The van der Waals surface area contributed by atoms with Gasteiger partial charge >= 0.3 is 12.0 Å². The quantitative estimate of drug-likeness (QED) is 0.376. The summed E-state index contributed by atoms with van der Waals surface area (Å²) in [5, 5.41) is 8.67. The van der Waals surface area contributed by atoms with Gasteiger partial charge in [0.15, 0.2) is 0 Å². The third-order valence-electron chi connectivity index (χ3n) is 5.85. The summed E-state index contributed by atoms with van der Waals surface area (Å²) in [5.74, 6) is -0.507. The lowest BCUT2D eigenvalue weighted by Crippen LogP contribution is -2.24. The molecule has 1 aliphatic rings. The molecule has 1 heterocycles. The summed E-state index contributed by atoms with van der Waals surface area (Å²) in [6.45, 7) is 3.93. The normalized spacial score (nSPS) is 12.6. The van der Waals surface area contributed by atoms with Crippen molar-refractivity contribution in [2.24, 2.45) is 0 Å². The van der Waals surface area contributed by atoms with E-state index in [0.29, 0.717) is 29.2 Å². The van der Waals surface area contributed by atoms with Crippen molar-refractivity contribution in [2.75, 3.05) is 40.5 Å². The van der Waals surface area contributed by atoms with Crippen molar-refractivity contribution in [3.8, 4) is 0 Å². The molecule has 4 rings (SSSR count). The standard InChI is InChI=1S/C28H30N4O4/c1-2-36-26(33)18-20-10-12-22(13-11-20)30-28(35)31-24-19-23(14-15-25(24)32-16-6-7-17-32)29-27(34)21-8-4-3-5-9-21/h3-5,8-15,19H,2,6-7,16-18H2,1H3,(H,29,34)(H2,30,31,35). The van der Waals surface area contributed by atoms with Crippen molar-refractivity contribution in [3.63, 3.8) is 0 Å². The van der Waals surface area contributed by atoms with Gasteiger partial charge in [-0.15, -0.1) is 0 Å². The number of rotatable bonds is 8. The van der Waals surface area contributed by atoms with Crippen molar-refractivity contribution in [3.05, 3.63) is 83.9 Å². The highest BCUT2D eigenvalue weighted by Crippen LogP contribution is 2.32. The maximum Gasteiger partial charge on any atom is 0.323 e. The number of ether oxygens (including phenoxy) is 1. The van der Waals surface area contributed by atoms with Gasteiger partial charge in [-0.25, -0.2) is 4.79 Å². The maximum absolute atomic E-state index is 12.8. The molecule has 0 spiro atoms. The molecule has 0 unspecified atom stereocenters.